The lowest BCUT2D eigenvalue weighted by Gasteiger charge is -2.38. The summed E-state index contributed by atoms with van der Waals surface area (Å²) in [7, 11) is 1.67. The van der Waals surface area contributed by atoms with Gasteiger partial charge in [-0.15, -0.1) is 0 Å². The largest absolute Gasteiger partial charge is 0.497 e. The van der Waals surface area contributed by atoms with Crippen LogP contribution in [0.25, 0.3) is 0 Å². The van der Waals surface area contributed by atoms with Gasteiger partial charge in [-0.3, -0.25) is 0 Å². The maximum absolute atomic E-state index is 10.6. The topological polar surface area (TPSA) is 50.7 Å². The highest BCUT2D eigenvalue weighted by Crippen LogP contribution is 2.34. The average molecular weight is 404 g/mol. The van der Waals surface area contributed by atoms with Crippen molar-refractivity contribution in [3.8, 4) is 5.75 Å². The Morgan fingerprint density at radius 3 is 2.10 bits per heavy atom. The summed E-state index contributed by atoms with van der Waals surface area (Å²) in [4.78, 5) is 0. The van der Waals surface area contributed by atoms with E-state index >= 15 is 0 Å². The number of benzene rings is 3. The minimum Gasteiger partial charge on any atom is -0.497 e. The van der Waals surface area contributed by atoms with Crippen LogP contribution >= 0.6 is 0 Å². The Bertz CT molecular complexity index is 859. The van der Waals surface area contributed by atoms with Gasteiger partial charge in [0.15, 0.2) is 0 Å². The fourth-order valence-corrected chi connectivity index (χ4v) is 4.20. The number of aliphatic hydroxyl groups excluding tert-OH is 1. The van der Waals surface area contributed by atoms with Crippen LogP contribution in [0.2, 0.25) is 0 Å². The van der Waals surface area contributed by atoms with Crippen molar-refractivity contribution in [2.45, 2.75) is 37.1 Å². The van der Waals surface area contributed by atoms with Crippen LogP contribution in [0.15, 0.2) is 84.9 Å². The maximum Gasteiger partial charge on any atom is 0.118 e. The fraction of sp³-hybridized carbons (Fsp3) is 0.308. The number of hydrogen-bond acceptors (Lipinski definition) is 4. The van der Waals surface area contributed by atoms with E-state index in [0.717, 1.165) is 17.7 Å². The van der Waals surface area contributed by atoms with Gasteiger partial charge in [-0.25, -0.2) is 0 Å². The lowest BCUT2D eigenvalue weighted by molar-refractivity contribution is -0.0791. The van der Waals surface area contributed by atoms with Gasteiger partial charge in [0.05, 0.1) is 25.9 Å². The van der Waals surface area contributed by atoms with Crippen molar-refractivity contribution in [3.63, 3.8) is 0 Å². The Kier molecular flexibility index (Phi) is 6.80. The predicted octanol–water partition coefficient (Wildman–Crippen LogP) is 4.14. The molecule has 0 amide bonds. The summed E-state index contributed by atoms with van der Waals surface area (Å²) in [5, 5.41) is 14.1. The summed E-state index contributed by atoms with van der Waals surface area (Å²) < 4.78 is 11.4. The first-order valence-electron chi connectivity index (χ1n) is 10.5. The molecule has 1 saturated heterocycles. The lowest BCUT2D eigenvalue weighted by Crippen LogP contribution is -2.50. The third-order valence-corrected chi connectivity index (χ3v) is 5.85. The van der Waals surface area contributed by atoms with Crippen molar-refractivity contribution in [2.75, 3.05) is 13.7 Å². The van der Waals surface area contributed by atoms with Crippen LogP contribution < -0.4 is 10.1 Å². The zero-order valence-electron chi connectivity index (χ0n) is 17.3. The Morgan fingerprint density at radius 1 is 0.933 bits per heavy atom. The van der Waals surface area contributed by atoms with Crippen molar-refractivity contribution >= 4 is 0 Å². The summed E-state index contributed by atoms with van der Waals surface area (Å²) >= 11 is 0. The third-order valence-electron chi connectivity index (χ3n) is 5.85. The van der Waals surface area contributed by atoms with Gasteiger partial charge in [0, 0.05) is 18.5 Å². The molecule has 4 rings (SSSR count). The van der Waals surface area contributed by atoms with Crippen LogP contribution in [-0.2, 0) is 11.3 Å². The highest BCUT2D eigenvalue weighted by Gasteiger charge is 2.35. The summed E-state index contributed by atoms with van der Waals surface area (Å²) in [5.74, 6) is 0.976. The SMILES string of the molecule is COc1ccc(CN[C@@H]2C[C@H](C(c3ccccc3)c3ccccc3)OC[C@H]2O)cc1. The molecule has 1 aliphatic heterocycles. The van der Waals surface area contributed by atoms with Gasteiger partial charge in [-0.1, -0.05) is 72.8 Å². The standard InChI is InChI=1S/C26H29NO3/c1-29-22-14-12-19(13-15-22)17-27-23-16-25(30-18-24(23)28)26(20-8-4-2-5-9-20)21-10-6-3-7-11-21/h2-15,23-28H,16-18H2,1H3/t23-,24-,25-/m1/s1. The van der Waals surface area contributed by atoms with Crippen LogP contribution in [0.5, 0.6) is 5.75 Å². The van der Waals surface area contributed by atoms with E-state index in [4.69, 9.17) is 9.47 Å². The molecule has 0 radical (unpaired) electrons. The van der Waals surface area contributed by atoms with E-state index in [-0.39, 0.29) is 18.1 Å². The van der Waals surface area contributed by atoms with E-state index < -0.39 is 6.10 Å². The molecule has 3 aromatic rings. The normalized spacial score (nSPS) is 21.5. The lowest BCUT2D eigenvalue weighted by atomic mass is 9.82. The predicted molar refractivity (Wildman–Crippen MR) is 119 cm³/mol. The molecule has 0 aromatic heterocycles. The number of methoxy groups -OCH3 is 1. The fourth-order valence-electron chi connectivity index (χ4n) is 4.20. The Balaban J connectivity index is 1.49. The Labute approximate surface area is 178 Å². The number of aliphatic hydroxyl groups is 1. The smallest absolute Gasteiger partial charge is 0.118 e. The molecule has 0 spiro atoms. The second-order valence-electron chi connectivity index (χ2n) is 7.81. The molecule has 156 valence electrons. The average Bonchev–Trinajstić information content (AvgIpc) is 2.81. The summed E-state index contributed by atoms with van der Waals surface area (Å²) in [6.45, 7) is 1.03. The molecule has 0 saturated carbocycles. The van der Waals surface area contributed by atoms with E-state index in [9.17, 15) is 5.11 Å². The van der Waals surface area contributed by atoms with Crippen molar-refractivity contribution in [1.29, 1.82) is 0 Å². The molecule has 30 heavy (non-hydrogen) atoms. The number of nitrogens with one attached hydrogen (secondary N) is 1. The van der Waals surface area contributed by atoms with Gasteiger partial charge in [0.25, 0.3) is 0 Å². The number of ether oxygens (including phenoxy) is 2. The van der Waals surface area contributed by atoms with Crippen molar-refractivity contribution in [2.24, 2.45) is 0 Å². The van der Waals surface area contributed by atoms with Crippen LogP contribution in [0.4, 0.5) is 0 Å². The van der Waals surface area contributed by atoms with E-state index in [2.05, 4.69) is 53.8 Å². The molecule has 0 bridgehead atoms. The molecule has 0 unspecified atom stereocenters. The molecule has 1 heterocycles. The van der Waals surface area contributed by atoms with Gasteiger partial charge in [-0.05, 0) is 35.2 Å². The number of hydrogen-bond donors (Lipinski definition) is 2. The van der Waals surface area contributed by atoms with E-state index in [0.29, 0.717) is 13.2 Å². The first-order valence-corrected chi connectivity index (χ1v) is 10.5. The maximum atomic E-state index is 10.6. The Morgan fingerprint density at radius 2 is 1.53 bits per heavy atom. The second kappa shape index (κ2) is 9.90. The molecule has 4 heteroatoms. The first kappa shape index (κ1) is 20.6. The van der Waals surface area contributed by atoms with Gasteiger partial charge in [0.2, 0.25) is 0 Å². The number of rotatable bonds is 7. The second-order valence-corrected chi connectivity index (χ2v) is 7.81. The summed E-state index contributed by atoms with van der Waals surface area (Å²) in [6.07, 6.45) is 0.212. The highest BCUT2D eigenvalue weighted by molar-refractivity contribution is 5.34. The van der Waals surface area contributed by atoms with Crippen LogP contribution in [0, 0.1) is 0 Å². The van der Waals surface area contributed by atoms with Crippen LogP contribution in [0.3, 0.4) is 0 Å². The molecule has 3 aromatic carbocycles. The Hall–Kier alpha value is -2.66. The minimum atomic E-state index is -0.522. The van der Waals surface area contributed by atoms with Crippen LogP contribution in [0.1, 0.15) is 29.0 Å². The van der Waals surface area contributed by atoms with Crippen molar-refractivity contribution in [1.82, 2.24) is 5.32 Å². The molecular weight excluding hydrogens is 374 g/mol. The third kappa shape index (κ3) is 4.90. The quantitative estimate of drug-likeness (QED) is 0.623. The molecule has 4 nitrogen and oxygen atoms in total. The van der Waals surface area contributed by atoms with E-state index in [1.54, 1.807) is 7.11 Å². The van der Waals surface area contributed by atoms with Crippen molar-refractivity contribution in [3.05, 3.63) is 102 Å². The monoisotopic (exact) mass is 403 g/mol. The van der Waals surface area contributed by atoms with Crippen LogP contribution in [-0.4, -0.2) is 37.1 Å². The summed E-state index contributed by atoms with van der Waals surface area (Å²) in [6, 6.07) is 29.0. The molecular formula is C26H29NO3. The zero-order valence-corrected chi connectivity index (χ0v) is 17.3. The zero-order chi connectivity index (χ0) is 20.8. The van der Waals surface area contributed by atoms with E-state index in [1.807, 2.05) is 36.4 Å². The molecule has 0 aliphatic carbocycles. The molecule has 1 fully saturated rings. The molecule has 2 N–H and O–H groups in total. The summed E-state index contributed by atoms with van der Waals surface area (Å²) in [5.41, 5.74) is 3.63. The van der Waals surface area contributed by atoms with Crippen molar-refractivity contribution < 1.29 is 14.6 Å². The van der Waals surface area contributed by atoms with Gasteiger partial charge in [-0.2, -0.15) is 0 Å². The van der Waals surface area contributed by atoms with E-state index in [1.165, 1.54) is 11.1 Å². The molecule has 3 atom stereocenters. The van der Waals surface area contributed by atoms with Gasteiger partial charge < -0.3 is 19.9 Å². The minimum absolute atomic E-state index is 0.00781. The highest BCUT2D eigenvalue weighted by atomic mass is 16.5. The van der Waals surface area contributed by atoms with Gasteiger partial charge >= 0.3 is 0 Å². The molecule has 1 aliphatic rings. The first-order chi connectivity index (χ1) is 14.7. The van der Waals surface area contributed by atoms with Gasteiger partial charge in [0.1, 0.15) is 5.75 Å².